The van der Waals surface area contributed by atoms with Gasteiger partial charge in [-0.25, -0.2) is 0 Å². The van der Waals surface area contributed by atoms with Crippen LogP contribution in [0.3, 0.4) is 0 Å². The van der Waals surface area contributed by atoms with Crippen LogP contribution in [0.15, 0.2) is 57.9 Å². The first-order chi connectivity index (χ1) is 16.6. The van der Waals surface area contributed by atoms with Gasteiger partial charge in [0.25, 0.3) is 16.8 Å². The zero-order valence-corrected chi connectivity index (χ0v) is 20.0. The molecule has 2 heterocycles. The fourth-order valence-electron chi connectivity index (χ4n) is 3.59. The Morgan fingerprint density at radius 3 is 2.63 bits per heavy atom. The summed E-state index contributed by atoms with van der Waals surface area (Å²) in [6.45, 7) is 4.94. The number of carbonyl (C=O) groups is 3. The molecule has 0 radical (unpaired) electrons. The number of nitrogens with zero attached hydrogens (tertiary/aromatic N) is 2. The summed E-state index contributed by atoms with van der Waals surface area (Å²) in [7, 11) is 0. The number of carbonyl (C=O) groups excluding carboxylic acids is 3. The molecule has 0 spiro atoms. The molecule has 9 nitrogen and oxygen atoms in total. The molecule has 10 heteroatoms. The predicted molar refractivity (Wildman–Crippen MR) is 133 cm³/mol. The average Bonchev–Trinajstić information content (AvgIpc) is 3.36. The molecule has 0 aliphatic carbocycles. The van der Waals surface area contributed by atoms with Crippen molar-refractivity contribution in [1.82, 2.24) is 4.90 Å². The third-order valence-corrected chi connectivity index (χ3v) is 6.41. The van der Waals surface area contributed by atoms with E-state index < -0.39 is 28.5 Å². The van der Waals surface area contributed by atoms with E-state index in [-0.39, 0.29) is 10.6 Å². The topological polar surface area (TPSA) is 123 Å². The molecule has 0 bridgehead atoms. The number of benzene rings is 2. The molecule has 0 atom stereocenters. The van der Waals surface area contributed by atoms with Gasteiger partial charge in [-0.1, -0.05) is 12.1 Å². The number of anilines is 1. The van der Waals surface area contributed by atoms with E-state index in [9.17, 15) is 24.5 Å². The fourth-order valence-corrected chi connectivity index (χ4v) is 4.41. The first-order valence-corrected chi connectivity index (χ1v) is 11.4. The van der Waals surface area contributed by atoms with Crippen LogP contribution >= 0.6 is 11.8 Å². The number of furan rings is 1. The van der Waals surface area contributed by atoms with E-state index in [0.29, 0.717) is 40.1 Å². The number of hydrogen-bond donors (Lipinski definition) is 1. The van der Waals surface area contributed by atoms with Crippen molar-refractivity contribution in [2.75, 3.05) is 11.9 Å². The Morgan fingerprint density at radius 2 is 1.91 bits per heavy atom. The molecule has 178 valence electrons. The lowest BCUT2D eigenvalue weighted by Crippen LogP contribution is -2.36. The van der Waals surface area contributed by atoms with Crippen molar-refractivity contribution in [3.8, 4) is 11.3 Å². The maximum atomic E-state index is 12.8. The highest BCUT2D eigenvalue weighted by atomic mass is 32.2. The lowest BCUT2D eigenvalue weighted by Gasteiger charge is -2.12. The van der Waals surface area contributed by atoms with Gasteiger partial charge in [-0.2, -0.15) is 0 Å². The van der Waals surface area contributed by atoms with Crippen LogP contribution in [0.25, 0.3) is 17.4 Å². The molecular weight excluding hydrogens is 470 g/mol. The molecule has 3 amide bonds. The van der Waals surface area contributed by atoms with Crippen LogP contribution in [0.5, 0.6) is 0 Å². The Morgan fingerprint density at radius 1 is 1.14 bits per heavy atom. The number of nitrogens with one attached hydrogen (secondary N) is 1. The quantitative estimate of drug-likeness (QED) is 0.276. The van der Waals surface area contributed by atoms with E-state index in [1.54, 1.807) is 50.2 Å². The summed E-state index contributed by atoms with van der Waals surface area (Å²) < 4.78 is 5.78. The van der Waals surface area contributed by atoms with Gasteiger partial charge in [-0.15, -0.1) is 0 Å². The fraction of sp³-hybridized carbons (Fsp3) is 0.160. The van der Waals surface area contributed by atoms with Crippen molar-refractivity contribution in [2.24, 2.45) is 0 Å². The van der Waals surface area contributed by atoms with Crippen LogP contribution in [0.2, 0.25) is 0 Å². The molecule has 35 heavy (non-hydrogen) atoms. The van der Waals surface area contributed by atoms with E-state index in [0.717, 1.165) is 16.0 Å². The Hall–Kier alpha value is -4.18. The average molecular weight is 492 g/mol. The van der Waals surface area contributed by atoms with Gasteiger partial charge in [0, 0.05) is 29.0 Å². The second-order valence-electron chi connectivity index (χ2n) is 8.08. The lowest BCUT2D eigenvalue weighted by atomic mass is 10.0. The second kappa shape index (κ2) is 9.59. The minimum Gasteiger partial charge on any atom is -0.457 e. The highest BCUT2D eigenvalue weighted by Crippen LogP contribution is 2.34. The Bertz CT molecular complexity index is 1410. The van der Waals surface area contributed by atoms with Gasteiger partial charge < -0.3 is 9.73 Å². The van der Waals surface area contributed by atoms with Crippen LogP contribution in [-0.2, 0) is 9.59 Å². The smallest absolute Gasteiger partial charge is 0.294 e. The number of rotatable bonds is 6. The minimum absolute atomic E-state index is 0.0111. The Kier molecular flexibility index (Phi) is 6.57. The summed E-state index contributed by atoms with van der Waals surface area (Å²) in [6.07, 6.45) is 1.42. The van der Waals surface area contributed by atoms with Gasteiger partial charge in [-0.05, 0) is 74.0 Å². The molecule has 1 aliphatic heterocycles. The molecule has 2 aromatic carbocycles. The summed E-state index contributed by atoms with van der Waals surface area (Å²) in [5.74, 6) is -0.398. The zero-order valence-electron chi connectivity index (χ0n) is 19.2. The van der Waals surface area contributed by atoms with Gasteiger partial charge in [-0.3, -0.25) is 29.4 Å². The van der Waals surface area contributed by atoms with Gasteiger partial charge in [0.05, 0.1) is 9.83 Å². The number of imide groups is 1. The Labute approximate surface area is 204 Å². The summed E-state index contributed by atoms with van der Waals surface area (Å²) in [6, 6.07) is 13.6. The highest BCUT2D eigenvalue weighted by Gasteiger charge is 2.36. The van der Waals surface area contributed by atoms with E-state index in [2.05, 4.69) is 5.32 Å². The van der Waals surface area contributed by atoms with Gasteiger partial charge in [0.15, 0.2) is 0 Å². The van der Waals surface area contributed by atoms with Crippen LogP contribution < -0.4 is 5.32 Å². The van der Waals surface area contributed by atoms with Crippen LogP contribution in [0, 0.1) is 30.9 Å². The molecule has 1 aliphatic rings. The molecule has 3 aromatic rings. The van der Waals surface area contributed by atoms with Crippen molar-refractivity contribution < 1.29 is 23.7 Å². The zero-order chi connectivity index (χ0) is 25.3. The van der Waals surface area contributed by atoms with Crippen molar-refractivity contribution in [1.29, 1.82) is 0 Å². The molecule has 0 saturated carbocycles. The number of aryl methyl sites for hydroxylation is 2. The molecule has 1 fully saturated rings. The summed E-state index contributed by atoms with van der Waals surface area (Å²) in [5.41, 5.74) is 3.38. The largest absolute Gasteiger partial charge is 0.457 e. The first kappa shape index (κ1) is 24.0. The van der Waals surface area contributed by atoms with Crippen molar-refractivity contribution in [3.05, 3.63) is 86.0 Å². The standard InChI is InChI=1S/C25H21N3O6S/c1-14-5-4-6-18(9-14)26-23(29)13-27-24(30)22(35-25(27)31)12-19-7-8-21(34-19)17-10-15(2)16(3)20(11-17)28(32)33/h4-12H,13H2,1-3H3,(H,26,29)/b22-12+. The lowest BCUT2D eigenvalue weighted by molar-refractivity contribution is -0.385. The third kappa shape index (κ3) is 5.17. The van der Waals surface area contributed by atoms with Crippen LogP contribution in [-0.4, -0.2) is 33.4 Å². The van der Waals surface area contributed by atoms with Crippen molar-refractivity contribution in [2.45, 2.75) is 20.8 Å². The normalized spacial score (nSPS) is 14.6. The van der Waals surface area contributed by atoms with E-state index in [1.165, 1.54) is 12.1 Å². The number of nitro groups is 1. The molecule has 0 unspecified atom stereocenters. The van der Waals surface area contributed by atoms with Crippen molar-refractivity contribution >= 4 is 46.3 Å². The van der Waals surface area contributed by atoms with Gasteiger partial charge in [0.1, 0.15) is 18.1 Å². The van der Waals surface area contributed by atoms with Gasteiger partial charge >= 0.3 is 0 Å². The van der Waals surface area contributed by atoms with Gasteiger partial charge in [0.2, 0.25) is 5.91 Å². The van der Waals surface area contributed by atoms with E-state index in [4.69, 9.17) is 4.42 Å². The summed E-state index contributed by atoms with van der Waals surface area (Å²) >= 11 is 0.712. The minimum atomic E-state index is -0.598. The maximum Gasteiger partial charge on any atom is 0.294 e. The molecule has 1 saturated heterocycles. The molecule has 1 N–H and O–H groups in total. The number of hydrogen-bond acceptors (Lipinski definition) is 7. The van der Waals surface area contributed by atoms with Crippen LogP contribution in [0.1, 0.15) is 22.5 Å². The Balaban J connectivity index is 1.50. The SMILES string of the molecule is Cc1cccc(NC(=O)CN2C(=O)S/C(=C/c3ccc(-c4cc(C)c(C)c([N+](=O)[O-])c4)o3)C2=O)c1. The predicted octanol–water partition coefficient (Wildman–Crippen LogP) is 5.46. The maximum absolute atomic E-state index is 12.8. The number of thioether (sulfide) groups is 1. The molecule has 1 aromatic heterocycles. The summed E-state index contributed by atoms with van der Waals surface area (Å²) in [4.78, 5) is 49.4. The van der Waals surface area contributed by atoms with Crippen LogP contribution in [0.4, 0.5) is 16.2 Å². The highest BCUT2D eigenvalue weighted by molar-refractivity contribution is 8.18. The second-order valence-corrected chi connectivity index (χ2v) is 9.08. The van der Waals surface area contributed by atoms with E-state index in [1.807, 2.05) is 13.0 Å². The monoisotopic (exact) mass is 491 g/mol. The molecular formula is C25H21N3O6S. The van der Waals surface area contributed by atoms with Crippen molar-refractivity contribution in [3.63, 3.8) is 0 Å². The summed E-state index contributed by atoms with van der Waals surface area (Å²) in [5, 5.41) is 13.5. The molecule has 4 rings (SSSR count). The third-order valence-electron chi connectivity index (χ3n) is 5.50. The number of amides is 3. The van der Waals surface area contributed by atoms with E-state index >= 15 is 0 Å². The number of nitro benzene ring substituents is 1. The first-order valence-electron chi connectivity index (χ1n) is 10.6.